The molecule has 204 valence electrons. The molecule has 0 radical (unpaired) electrons. The number of hydrogen-bond donors (Lipinski definition) is 0. The number of pyridine rings is 1. The van der Waals surface area contributed by atoms with Gasteiger partial charge < -0.3 is 18.8 Å². The zero-order chi connectivity index (χ0) is 26.0. The molecule has 0 aliphatic heterocycles. The molecule has 0 aliphatic rings. The van der Waals surface area contributed by atoms with E-state index in [9.17, 15) is 4.79 Å². The summed E-state index contributed by atoms with van der Waals surface area (Å²) < 4.78 is 20.3. The Kier molecular flexibility index (Phi) is 15.1. The number of aromatic nitrogens is 1. The number of nitrogens with zero attached hydrogens (tertiary/aromatic N) is 1. The van der Waals surface area contributed by atoms with Crippen molar-refractivity contribution in [1.29, 1.82) is 0 Å². The van der Waals surface area contributed by atoms with Gasteiger partial charge in [-0.2, -0.15) is 0 Å². The van der Waals surface area contributed by atoms with Crippen molar-refractivity contribution < 1.29 is 14.2 Å². The number of fused-ring (bicyclic) bond motifs is 1. The normalized spacial score (nSPS) is 11.2. The molecule has 1 aromatic heterocycles. The first-order chi connectivity index (χ1) is 17.7. The predicted octanol–water partition coefficient (Wildman–Crippen LogP) is 8.68. The van der Waals surface area contributed by atoms with Gasteiger partial charge in [-0.25, -0.2) is 0 Å². The fourth-order valence-corrected chi connectivity index (χ4v) is 4.37. The van der Waals surface area contributed by atoms with Crippen LogP contribution in [0.1, 0.15) is 118 Å². The van der Waals surface area contributed by atoms with E-state index in [0.717, 1.165) is 61.6 Å². The molecular weight excluding hydrogens is 450 g/mol. The molecule has 0 spiro atoms. The van der Waals surface area contributed by atoms with Crippen LogP contribution in [0.15, 0.2) is 23.0 Å². The van der Waals surface area contributed by atoms with Crippen LogP contribution in [0.2, 0.25) is 0 Å². The second-order valence-corrected chi connectivity index (χ2v) is 9.87. The molecule has 0 N–H and O–H groups in total. The lowest BCUT2D eigenvalue weighted by atomic mass is 10.1. The van der Waals surface area contributed by atoms with E-state index in [1.807, 2.05) is 22.8 Å². The van der Waals surface area contributed by atoms with Crippen LogP contribution in [-0.4, -0.2) is 24.4 Å². The van der Waals surface area contributed by atoms with Crippen molar-refractivity contribution in [3.05, 3.63) is 28.6 Å². The molecule has 0 aliphatic carbocycles. The first kappa shape index (κ1) is 30.1. The highest BCUT2D eigenvalue weighted by Gasteiger charge is 2.20. The lowest BCUT2D eigenvalue weighted by Crippen LogP contribution is -2.24. The fourth-order valence-electron chi connectivity index (χ4n) is 4.37. The van der Waals surface area contributed by atoms with Gasteiger partial charge in [-0.05, 0) is 37.8 Å². The van der Waals surface area contributed by atoms with Crippen LogP contribution < -0.4 is 19.8 Å². The SMILES string of the molecule is CCCCCCCCOc1ccc2c(OCCCCCC)c(OCCCC)c(=O)n(CCCC)c2c1. The summed E-state index contributed by atoms with van der Waals surface area (Å²) in [5.41, 5.74) is 0.781. The van der Waals surface area contributed by atoms with Crippen molar-refractivity contribution in [3.63, 3.8) is 0 Å². The molecule has 36 heavy (non-hydrogen) atoms. The molecule has 0 fully saturated rings. The van der Waals surface area contributed by atoms with Crippen LogP contribution in [0.5, 0.6) is 17.2 Å². The molecule has 5 nitrogen and oxygen atoms in total. The van der Waals surface area contributed by atoms with Crippen LogP contribution >= 0.6 is 0 Å². The third-order valence-corrected chi connectivity index (χ3v) is 6.64. The maximum Gasteiger partial charge on any atom is 0.297 e. The van der Waals surface area contributed by atoms with E-state index < -0.39 is 0 Å². The molecule has 0 bridgehead atoms. The van der Waals surface area contributed by atoms with Gasteiger partial charge >= 0.3 is 0 Å². The third-order valence-electron chi connectivity index (χ3n) is 6.64. The Morgan fingerprint density at radius 1 is 0.611 bits per heavy atom. The van der Waals surface area contributed by atoms with Crippen molar-refractivity contribution in [3.8, 4) is 17.2 Å². The fraction of sp³-hybridized carbons (Fsp3) is 0.710. The van der Waals surface area contributed by atoms with Crippen molar-refractivity contribution in [2.45, 2.75) is 124 Å². The minimum atomic E-state index is -0.0938. The van der Waals surface area contributed by atoms with Crippen molar-refractivity contribution in [1.82, 2.24) is 4.57 Å². The summed E-state index contributed by atoms with van der Waals surface area (Å²) in [5, 5.41) is 0.930. The van der Waals surface area contributed by atoms with E-state index >= 15 is 0 Å². The van der Waals surface area contributed by atoms with E-state index in [1.54, 1.807) is 0 Å². The molecule has 0 unspecified atom stereocenters. The lowest BCUT2D eigenvalue weighted by Gasteiger charge is -2.19. The van der Waals surface area contributed by atoms with Crippen LogP contribution in [0.4, 0.5) is 0 Å². The minimum absolute atomic E-state index is 0.0938. The summed E-state index contributed by atoms with van der Waals surface area (Å²) in [6.45, 7) is 11.2. The van der Waals surface area contributed by atoms with E-state index in [1.165, 1.54) is 44.9 Å². The highest BCUT2D eigenvalue weighted by atomic mass is 16.5. The zero-order valence-electron chi connectivity index (χ0n) is 23.5. The van der Waals surface area contributed by atoms with Gasteiger partial charge in [-0.15, -0.1) is 0 Å². The van der Waals surface area contributed by atoms with Gasteiger partial charge in [0, 0.05) is 18.0 Å². The van der Waals surface area contributed by atoms with Gasteiger partial charge in [0.1, 0.15) is 5.75 Å². The quantitative estimate of drug-likeness (QED) is 0.161. The van der Waals surface area contributed by atoms with Crippen molar-refractivity contribution in [2.75, 3.05) is 19.8 Å². The smallest absolute Gasteiger partial charge is 0.297 e. The summed E-state index contributed by atoms with van der Waals surface area (Å²) in [6, 6.07) is 6.07. The number of ether oxygens (including phenoxy) is 3. The number of unbranched alkanes of at least 4 members (excludes halogenated alkanes) is 10. The van der Waals surface area contributed by atoms with E-state index in [4.69, 9.17) is 14.2 Å². The molecule has 0 saturated carbocycles. The zero-order valence-corrected chi connectivity index (χ0v) is 23.5. The van der Waals surface area contributed by atoms with Gasteiger partial charge in [0.05, 0.1) is 25.3 Å². The Labute approximate surface area is 219 Å². The second-order valence-electron chi connectivity index (χ2n) is 9.87. The standard InChI is InChI=1S/C31H51NO4/c1-5-9-13-15-16-18-23-34-26-19-20-27-28(25-26)32(21-11-7-3)31(33)30(36-22-12-8-4)29(27)35-24-17-14-10-6-2/h19-20,25H,5-18,21-24H2,1-4H3. The summed E-state index contributed by atoms with van der Waals surface area (Å²) in [6.07, 6.45) is 15.8. The summed E-state index contributed by atoms with van der Waals surface area (Å²) in [7, 11) is 0. The predicted molar refractivity (Wildman–Crippen MR) is 152 cm³/mol. The van der Waals surface area contributed by atoms with Gasteiger partial charge in [-0.1, -0.05) is 91.9 Å². The average molecular weight is 502 g/mol. The van der Waals surface area contributed by atoms with Gasteiger partial charge in [0.2, 0.25) is 5.75 Å². The topological polar surface area (TPSA) is 49.7 Å². The van der Waals surface area contributed by atoms with Crippen LogP contribution in [0.3, 0.4) is 0 Å². The molecule has 1 aromatic carbocycles. The summed E-state index contributed by atoms with van der Waals surface area (Å²) in [4.78, 5) is 13.7. The Hall–Kier alpha value is -2.17. The molecule has 0 saturated heterocycles. The summed E-state index contributed by atoms with van der Waals surface area (Å²) >= 11 is 0. The van der Waals surface area contributed by atoms with Crippen molar-refractivity contribution >= 4 is 10.9 Å². The Morgan fingerprint density at radius 2 is 1.17 bits per heavy atom. The highest BCUT2D eigenvalue weighted by Crippen LogP contribution is 2.35. The monoisotopic (exact) mass is 501 g/mol. The Balaban J connectivity index is 2.32. The maximum absolute atomic E-state index is 13.7. The highest BCUT2D eigenvalue weighted by molar-refractivity contribution is 5.89. The molecular formula is C31H51NO4. The first-order valence-corrected chi connectivity index (χ1v) is 14.8. The van der Waals surface area contributed by atoms with Crippen LogP contribution in [-0.2, 0) is 6.54 Å². The van der Waals surface area contributed by atoms with Crippen molar-refractivity contribution in [2.24, 2.45) is 0 Å². The second kappa shape index (κ2) is 18.1. The molecule has 0 amide bonds. The van der Waals surface area contributed by atoms with Crippen LogP contribution in [0, 0.1) is 0 Å². The molecule has 0 atom stereocenters. The Morgan fingerprint density at radius 3 is 1.86 bits per heavy atom. The molecule has 2 rings (SSSR count). The van der Waals surface area contributed by atoms with Gasteiger partial charge in [-0.3, -0.25) is 4.79 Å². The maximum atomic E-state index is 13.7. The third kappa shape index (κ3) is 9.71. The summed E-state index contributed by atoms with van der Waals surface area (Å²) in [5.74, 6) is 1.77. The molecule has 2 aromatic rings. The number of rotatable bonds is 21. The lowest BCUT2D eigenvalue weighted by molar-refractivity contribution is 0.258. The van der Waals surface area contributed by atoms with Gasteiger partial charge in [0.25, 0.3) is 5.56 Å². The minimum Gasteiger partial charge on any atom is -0.494 e. The molecule has 1 heterocycles. The average Bonchev–Trinajstić information content (AvgIpc) is 2.89. The van der Waals surface area contributed by atoms with Crippen LogP contribution in [0.25, 0.3) is 10.9 Å². The van der Waals surface area contributed by atoms with E-state index in [0.29, 0.717) is 37.9 Å². The van der Waals surface area contributed by atoms with E-state index in [-0.39, 0.29) is 5.56 Å². The number of hydrogen-bond acceptors (Lipinski definition) is 4. The number of aryl methyl sites for hydroxylation is 1. The van der Waals surface area contributed by atoms with Gasteiger partial charge in [0.15, 0.2) is 5.75 Å². The first-order valence-electron chi connectivity index (χ1n) is 14.8. The molecule has 5 heteroatoms. The van der Waals surface area contributed by atoms with E-state index in [2.05, 4.69) is 27.7 Å². The largest absolute Gasteiger partial charge is 0.494 e. The number of benzene rings is 1. The Bertz CT molecular complexity index is 921.